The van der Waals surface area contributed by atoms with Gasteiger partial charge in [-0.15, -0.1) is 0 Å². The van der Waals surface area contributed by atoms with E-state index in [9.17, 15) is 13.2 Å². The molecule has 1 saturated heterocycles. The third kappa shape index (κ3) is 4.12. The van der Waals surface area contributed by atoms with E-state index in [-0.39, 0.29) is 23.6 Å². The lowest BCUT2D eigenvalue weighted by molar-refractivity contribution is -0.155. The Morgan fingerprint density at radius 2 is 1.70 bits per heavy atom. The third-order valence-corrected chi connectivity index (χ3v) is 6.28. The van der Waals surface area contributed by atoms with Crippen LogP contribution in [0, 0.1) is 0 Å². The van der Waals surface area contributed by atoms with Gasteiger partial charge in [0.2, 0.25) is 0 Å². The summed E-state index contributed by atoms with van der Waals surface area (Å²) in [5, 5.41) is 0. The van der Waals surface area contributed by atoms with Crippen LogP contribution in [0.25, 0.3) is 0 Å². The van der Waals surface area contributed by atoms with Crippen molar-refractivity contribution in [3.8, 4) is 0 Å². The minimum atomic E-state index is -2.97. The average molecular weight is 337 g/mol. The summed E-state index contributed by atoms with van der Waals surface area (Å²) in [4.78, 5) is 14.7. The number of benzene rings is 1. The van der Waals surface area contributed by atoms with E-state index in [1.807, 2.05) is 35.2 Å². The van der Waals surface area contributed by atoms with Gasteiger partial charge in [-0.3, -0.25) is 4.90 Å². The molecule has 1 aliphatic carbocycles. The number of carbonyl (C=O) groups is 1. The van der Waals surface area contributed by atoms with E-state index in [1.54, 1.807) is 0 Å². The fourth-order valence-electron chi connectivity index (χ4n) is 3.35. The van der Waals surface area contributed by atoms with E-state index in [1.165, 1.54) is 0 Å². The highest BCUT2D eigenvalue weighted by Crippen LogP contribution is 2.28. The Bertz CT molecular complexity index is 624. The minimum absolute atomic E-state index is 0.0160. The first-order valence-electron chi connectivity index (χ1n) is 8.25. The maximum Gasteiger partial charge on any atom is 0.328 e. The van der Waals surface area contributed by atoms with Crippen LogP contribution in [0.4, 0.5) is 0 Å². The summed E-state index contributed by atoms with van der Waals surface area (Å²) < 4.78 is 29.0. The number of ether oxygens (including phenoxy) is 1. The van der Waals surface area contributed by atoms with Crippen molar-refractivity contribution in [1.29, 1.82) is 0 Å². The van der Waals surface area contributed by atoms with E-state index < -0.39 is 15.9 Å². The first kappa shape index (κ1) is 16.5. The maximum atomic E-state index is 12.7. The van der Waals surface area contributed by atoms with Gasteiger partial charge in [0, 0.05) is 13.1 Å². The Labute approximate surface area is 137 Å². The fraction of sp³-hybridized carbons (Fsp3) is 0.588. The van der Waals surface area contributed by atoms with Gasteiger partial charge < -0.3 is 4.74 Å². The van der Waals surface area contributed by atoms with E-state index in [4.69, 9.17) is 4.74 Å². The molecule has 0 spiro atoms. The molecule has 1 aromatic carbocycles. The molecule has 3 rings (SSSR count). The number of hydrogen-bond donors (Lipinski definition) is 0. The van der Waals surface area contributed by atoms with Gasteiger partial charge in [0.15, 0.2) is 9.84 Å². The molecule has 5 nitrogen and oxygen atoms in total. The SMILES string of the molecule is O=C(OC1CCCC1)[C@@H](c1ccccc1)N1CCS(=O)(=O)CC1. The second kappa shape index (κ2) is 7.01. The molecule has 0 amide bonds. The van der Waals surface area contributed by atoms with Crippen molar-refractivity contribution in [2.75, 3.05) is 24.6 Å². The van der Waals surface area contributed by atoms with Crippen LogP contribution >= 0.6 is 0 Å². The number of hydrogen-bond acceptors (Lipinski definition) is 5. The van der Waals surface area contributed by atoms with Crippen LogP contribution in [0.2, 0.25) is 0 Å². The van der Waals surface area contributed by atoms with Crippen LogP contribution in [-0.4, -0.2) is 50.0 Å². The molecule has 0 N–H and O–H groups in total. The van der Waals surface area contributed by atoms with Gasteiger partial charge in [0.1, 0.15) is 12.1 Å². The van der Waals surface area contributed by atoms with Crippen LogP contribution < -0.4 is 0 Å². The van der Waals surface area contributed by atoms with Crippen molar-refractivity contribution < 1.29 is 17.9 Å². The van der Waals surface area contributed by atoms with Gasteiger partial charge in [0.05, 0.1) is 11.5 Å². The zero-order chi connectivity index (χ0) is 16.3. The van der Waals surface area contributed by atoms with Crippen molar-refractivity contribution in [3.63, 3.8) is 0 Å². The van der Waals surface area contributed by atoms with Gasteiger partial charge in [-0.25, -0.2) is 13.2 Å². The summed E-state index contributed by atoms with van der Waals surface area (Å²) in [6, 6.07) is 9.00. The van der Waals surface area contributed by atoms with Crippen molar-refractivity contribution in [2.24, 2.45) is 0 Å². The first-order chi connectivity index (χ1) is 11.1. The van der Waals surface area contributed by atoms with Crippen molar-refractivity contribution in [2.45, 2.75) is 37.8 Å². The molecular formula is C17H23NO4S. The lowest BCUT2D eigenvalue weighted by atomic mass is 10.1. The summed E-state index contributed by atoms with van der Waals surface area (Å²) in [6.07, 6.45) is 4.09. The monoisotopic (exact) mass is 337 g/mol. The zero-order valence-corrected chi connectivity index (χ0v) is 14.0. The van der Waals surface area contributed by atoms with Crippen LogP contribution in [0.5, 0.6) is 0 Å². The third-order valence-electron chi connectivity index (χ3n) is 4.67. The van der Waals surface area contributed by atoms with E-state index >= 15 is 0 Å². The molecule has 6 heteroatoms. The summed E-state index contributed by atoms with van der Waals surface area (Å²) in [5.41, 5.74) is 0.870. The van der Waals surface area contributed by atoms with Crippen molar-refractivity contribution in [1.82, 2.24) is 4.90 Å². The molecule has 1 aromatic rings. The summed E-state index contributed by atoms with van der Waals surface area (Å²) in [5.74, 6) is -0.0394. The van der Waals surface area contributed by atoms with Crippen LogP contribution in [0.1, 0.15) is 37.3 Å². The minimum Gasteiger partial charge on any atom is -0.461 e. The molecule has 0 aromatic heterocycles. The summed E-state index contributed by atoms with van der Waals surface area (Å²) in [7, 11) is -2.97. The molecule has 0 unspecified atom stereocenters. The Morgan fingerprint density at radius 1 is 1.09 bits per heavy atom. The smallest absolute Gasteiger partial charge is 0.328 e. The van der Waals surface area contributed by atoms with Gasteiger partial charge >= 0.3 is 5.97 Å². The largest absolute Gasteiger partial charge is 0.461 e. The topological polar surface area (TPSA) is 63.7 Å². The highest BCUT2D eigenvalue weighted by atomic mass is 32.2. The van der Waals surface area contributed by atoms with Crippen molar-refractivity contribution in [3.05, 3.63) is 35.9 Å². The number of rotatable bonds is 4. The summed E-state index contributed by atoms with van der Waals surface area (Å²) in [6.45, 7) is 0.753. The molecular weight excluding hydrogens is 314 g/mol. The Kier molecular flexibility index (Phi) is 5.02. The van der Waals surface area contributed by atoms with Crippen LogP contribution in [0.3, 0.4) is 0 Å². The molecule has 0 radical (unpaired) electrons. The second-order valence-electron chi connectivity index (χ2n) is 6.34. The molecule has 1 aliphatic heterocycles. The molecule has 0 bridgehead atoms. The Morgan fingerprint density at radius 3 is 2.30 bits per heavy atom. The molecule has 2 aliphatic rings. The maximum absolute atomic E-state index is 12.7. The van der Waals surface area contributed by atoms with Gasteiger partial charge in [-0.05, 0) is 31.2 Å². The number of esters is 1. The highest BCUT2D eigenvalue weighted by molar-refractivity contribution is 7.91. The lowest BCUT2D eigenvalue weighted by Crippen LogP contribution is -2.45. The predicted molar refractivity (Wildman–Crippen MR) is 87.8 cm³/mol. The zero-order valence-electron chi connectivity index (χ0n) is 13.2. The quantitative estimate of drug-likeness (QED) is 0.786. The van der Waals surface area contributed by atoms with E-state index in [0.29, 0.717) is 13.1 Å². The molecule has 1 heterocycles. The van der Waals surface area contributed by atoms with Crippen LogP contribution in [0.15, 0.2) is 30.3 Å². The van der Waals surface area contributed by atoms with Crippen LogP contribution in [-0.2, 0) is 19.4 Å². The molecule has 1 saturated carbocycles. The van der Waals surface area contributed by atoms with Gasteiger partial charge in [-0.2, -0.15) is 0 Å². The molecule has 126 valence electrons. The van der Waals surface area contributed by atoms with E-state index in [2.05, 4.69) is 0 Å². The molecule has 1 atom stereocenters. The first-order valence-corrected chi connectivity index (χ1v) is 10.1. The predicted octanol–water partition coefficient (Wildman–Crippen LogP) is 1.94. The fourth-order valence-corrected chi connectivity index (χ4v) is 4.58. The normalized spacial score (nSPS) is 23.5. The molecule has 23 heavy (non-hydrogen) atoms. The number of carbonyl (C=O) groups excluding carboxylic acids is 1. The average Bonchev–Trinajstić information content (AvgIpc) is 3.03. The Hall–Kier alpha value is -1.40. The number of sulfone groups is 1. The lowest BCUT2D eigenvalue weighted by Gasteiger charge is -2.33. The second-order valence-corrected chi connectivity index (χ2v) is 8.65. The summed E-state index contributed by atoms with van der Waals surface area (Å²) >= 11 is 0. The number of nitrogens with zero attached hydrogens (tertiary/aromatic N) is 1. The standard InChI is InChI=1S/C17H23NO4S/c19-17(22-15-8-4-5-9-15)16(14-6-2-1-3-7-14)18-10-12-23(20,21)13-11-18/h1-3,6-7,15-16H,4-5,8-13H2/t16-/m1/s1. The molecule has 2 fully saturated rings. The van der Waals surface area contributed by atoms with Gasteiger partial charge in [0.25, 0.3) is 0 Å². The van der Waals surface area contributed by atoms with E-state index in [0.717, 1.165) is 31.2 Å². The van der Waals surface area contributed by atoms with Crippen molar-refractivity contribution >= 4 is 15.8 Å². The highest BCUT2D eigenvalue weighted by Gasteiger charge is 2.34. The van der Waals surface area contributed by atoms with Gasteiger partial charge in [-0.1, -0.05) is 30.3 Å². The Balaban J connectivity index is 1.78.